The van der Waals surface area contributed by atoms with Crippen molar-refractivity contribution >= 4 is 25.5 Å². The largest absolute Gasteiger partial charge is 0.387 e. The van der Waals surface area contributed by atoms with Gasteiger partial charge >= 0.3 is 0 Å². The minimum absolute atomic E-state index is 0.159. The maximum absolute atomic E-state index is 14.3. The number of nitrogens with two attached hydrogens (primary N) is 2. The molecule has 120 valence electrons. The van der Waals surface area contributed by atoms with Crippen molar-refractivity contribution in [3.63, 3.8) is 0 Å². The second kappa shape index (κ2) is 5.95. The molecule has 22 heavy (non-hydrogen) atoms. The summed E-state index contributed by atoms with van der Waals surface area (Å²) in [5.74, 6) is 0.159. The number of halogens is 1. The molecular formula is C10H14FN6O4P. The van der Waals surface area contributed by atoms with Crippen LogP contribution in [0.5, 0.6) is 0 Å². The molecule has 3 heterocycles. The van der Waals surface area contributed by atoms with Crippen molar-refractivity contribution in [1.29, 1.82) is 0 Å². The Hall–Kier alpha value is -1.49. The minimum Gasteiger partial charge on any atom is -0.387 e. The number of aliphatic hydroxyl groups is 1. The molecule has 0 aliphatic carbocycles. The van der Waals surface area contributed by atoms with Crippen LogP contribution in [0.4, 0.5) is 10.2 Å². The molecule has 10 nitrogen and oxygen atoms in total. The first kappa shape index (κ1) is 15.4. The van der Waals surface area contributed by atoms with Crippen LogP contribution in [0.2, 0.25) is 0 Å². The number of aromatic nitrogens is 4. The summed E-state index contributed by atoms with van der Waals surface area (Å²) in [4.78, 5) is 20.7. The molecule has 2 aromatic rings. The SMILES string of the molecule is Nc1ncnc2c1ncn2[C@@H]1O[C@H](COP(N)O)[C@@H](O)[C@H]1F. The molecule has 0 amide bonds. The van der Waals surface area contributed by atoms with Crippen LogP contribution >= 0.6 is 8.53 Å². The van der Waals surface area contributed by atoms with Gasteiger partial charge in [-0.2, -0.15) is 0 Å². The molecule has 12 heteroatoms. The first-order valence-electron chi connectivity index (χ1n) is 6.26. The Morgan fingerprint density at radius 2 is 2.23 bits per heavy atom. The van der Waals surface area contributed by atoms with Gasteiger partial charge in [-0.15, -0.1) is 0 Å². The van der Waals surface area contributed by atoms with E-state index in [1.807, 2.05) is 0 Å². The monoisotopic (exact) mass is 332 g/mol. The number of hydrogen-bond acceptors (Lipinski definition) is 9. The van der Waals surface area contributed by atoms with Gasteiger partial charge in [0.15, 0.2) is 23.9 Å². The summed E-state index contributed by atoms with van der Waals surface area (Å²) in [5, 5.41) is 9.88. The van der Waals surface area contributed by atoms with Crippen molar-refractivity contribution in [2.75, 3.05) is 12.3 Å². The van der Waals surface area contributed by atoms with Crippen molar-refractivity contribution in [3.8, 4) is 0 Å². The van der Waals surface area contributed by atoms with Gasteiger partial charge in [-0.3, -0.25) is 10.1 Å². The molecule has 1 unspecified atom stereocenters. The zero-order valence-electron chi connectivity index (χ0n) is 11.2. The fraction of sp³-hybridized carbons (Fsp3) is 0.500. The number of imidazole rings is 1. The lowest BCUT2D eigenvalue weighted by molar-refractivity contribution is -0.0410. The van der Waals surface area contributed by atoms with E-state index in [4.69, 9.17) is 25.4 Å². The highest BCUT2D eigenvalue weighted by atomic mass is 31.2. The Morgan fingerprint density at radius 3 is 2.95 bits per heavy atom. The van der Waals surface area contributed by atoms with Crippen LogP contribution in [0.15, 0.2) is 12.7 Å². The van der Waals surface area contributed by atoms with Crippen LogP contribution in [-0.2, 0) is 9.26 Å². The summed E-state index contributed by atoms with van der Waals surface area (Å²) in [6, 6.07) is 0. The highest BCUT2D eigenvalue weighted by molar-refractivity contribution is 7.43. The van der Waals surface area contributed by atoms with E-state index in [0.29, 0.717) is 5.52 Å². The van der Waals surface area contributed by atoms with Gasteiger partial charge < -0.3 is 25.0 Å². The van der Waals surface area contributed by atoms with Crippen LogP contribution in [0, 0.1) is 0 Å². The van der Waals surface area contributed by atoms with Crippen LogP contribution in [0.1, 0.15) is 6.23 Å². The Kier molecular flexibility index (Phi) is 4.17. The normalized spacial score (nSPS) is 30.0. The lowest BCUT2D eigenvalue weighted by atomic mass is 10.1. The lowest BCUT2D eigenvalue weighted by Crippen LogP contribution is -2.31. The Bertz CT molecular complexity index is 672. The maximum atomic E-state index is 14.3. The molecule has 6 N–H and O–H groups in total. The molecule has 0 saturated carbocycles. The van der Waals surface area contributed by atoms with Crippen molar-refractivity contribution in [2.24, 2.45) is 5.50 Å². The predicted molar refractivity (Wildman–Crippen MR) is 73.8 cm³/mol. The number of anilines is 1. The van der Waals surface area contributed by atoms with Gasteiger partial charge in [0.25, 0.3) is 0 Å². The summed E-state index contributed by atoms with van der Waals surface area (Å²) in [5.41, 5.74) is 11.4. The van der Waals surface area contributed by atoms with E-state index in [1.54, 1.807) is 0 Å². The number of hydrogen-bond donors (Lipinski definition) is 4. The summed E-state index contributed by atoms with van der Waals surface area (Å²) >= 11 is 0. The van der Waals surface area contributed by atoms with E-state index in [-0.39, 0.29) is 18.1 Å². The molecule has 0 bridgehead atoms. The van der Waals surface area contributed by atoms with Crippen LogP contribution < -0.4 is 11.2 Å². The number of nitrogen functional groups attached to an aromatic ring is 1. The molecule has 1 fully saturated rings. The average Bonchev–Trinajstić information content (AvgIpc) is 3.01. The van der Waals surface area contributed by atoms with E-state index in [1.165, 1.54) is 17.2 Å². The standard InChI is InChI=1S/C10H14FN6O4P/c11-5-7(18)4(1-20-22(13)19)21-10(5)17-3-16-6-8(12)14-2-15-9(6)17/h2-5,7,10,18-19H,1,13H2,(H2,12,14,15)/t4-,5-,7-,10-,22?/m1/s1. The number of ether oxygens (including phenoxy) is 1. The van der Waals surface area contributed by atoms with Gasteiger partial charge in [0.2, 0.25) is 8.53 Å². The van der Waals surface area contributed by atoms with Crippen LogP contribution in [0.25, 0.3) is 11.2 Å². The Balaban J connectivity index is 1.86. The van der Waals surface area contributed by atoms with Gasteiger partial charge in [0.1, 0.15) is 24.1 Å². The first-order valence-corrected chi connectivity index (χ1v) is 7.54. The molecule has 5 atom stereocenters. The molecule has 0 radical (unpaired) electrons. The predicted octanol–water partition coefficient (Wildman–Crippen LogP) is -0.801. The average molecular weight is 332 g/mol. The summed E-state index contributed by atoms with van der Waals surface area (Å²) in [6.45, 7) is -0.236. The topological polar surface area (TPSA) is 155 Å². The fourth-order valence-electron chi connectivity index (χ4n) is 2.27. The molecule has 0 spiro atoms. The van der Waals surface area contributed by atoms with Gasteiger partial charge in [0.05, 0.1) is 12.9 Å². The van der Waals surface area contributed by atoms with Crippen molar-refractivity contribution in [2.45, 2.75) is 24.6 Å². The third-order valence-corrected chi connectivity index (χ3v) is 3.74. The molecule has 1 aliphatic heterocycles. The van der Waals surface area contributed by atoms with Crippen molar-refractivity contribution in [3.05, 3.63) is 12.7 Å². The molecule has 2 aromatic heterocycles. The number of rotatable bonds is 4. The molecule has 0 aromatic carbocycles. The third-order valence-electron chi connectivity index (χ3n) is 3.33. The van der Waals surface area contributed by atoms with Gasteiger partial charge in [-0.25, -0.2) is 19.3 Å². The Labute approximate surface area is 124 Å². The third kappa shape index (κ3) is 2.62. The maximum Gasteiger partial charge on any atom is 0.250 e. The number of fused-ring (bicyclic) bond motifs is 1. The fourth-order valence-corrected chi connectivity index (χ4v) is 2.57. The van der Waals surface area contributed by atoms with Crippen molar-refractivity contribution < 1.29 is 23.7 Å². The molecular weight excluding hydrogens is 318 g/mol. The molecule has 3 rings (SSSR count). The highest BCUT2D eigenvalue weighted by Crippen LogP contribution is 2.35. The summed E-state index contributed by atoms with van der Waals surface area (Å²) in [7, 11) is -2.11. The second-order valence-corrected chi connectivity index (χ2v) is 5.54. The smallest absolute Gasteiger partial charge is 0.250 e. The zero-order valence-corrected chi connectivity index (χ0v) is 12.0. The van der Waals surface area contributed by atoms with Gasteiger partial charge in [0, 0.05) is 0 Å². The number of aliphatic hydroxyl groups excluding tert-OH is 1. The van der Waals surface area contributed by atoms with Gasteiger partial charge in [-0.1, -0.05) is 0 Å². The molecule has 1 saturated heterocycles. The zero-order chi connectivity index (χ0) is 15.9. The van der Waals surface area contributed by atoms with Crippen molar-refractivity contribution in [1.82, 2.24) is 19.5 Å². The highest BCUT2D eigenvalue weighted by Gasteiger charge is 2.46. The minimum atomic E-state index is -2.11. The van der Waals surface area contributed by atoms with E-state index in [2.05, 4.69) is 15.0 Å². The van der Waals surface area contributed by atoms with Gasteiger partial charge in [-0.05, 0) is 0 Å². The van der Waals surface area contributed by atoms with E-state index in [9.17, 15) is 9.50 Å². The summed E-state index contributed by atoms with van der Waals surface area (Å²) in [6.07, 6.45) is -2.75. The van der Waals surface area contributed by atoms with Crippen LogP contribution in [0.3, 0.4) is 0 Å². The number of nitrogens with zero attached hydrogens (tertiary/aromatic N) is 4. The van der Waals surface area contributed by atoms with Crippen LogP contribution in [-0.4, -0.2) is 54.5 Å². The lowest BCUT2D eigenvalue weighted by Gasteiger charge is -2.15. The number of alkyl halides is 1. The first-order chi connectivity index (χ1) is 10.5. The quantitative estimate of drug-likeness (QED) is 0.526. The second-order valence-electron chi connectivity index (χ2n) is 4.68. The Morgan fingerprint density at radius 1 is 1.45 bits per heavy atom. The van der Waals surface area contributed by atoms with E-state index < -0.39 is 33.1 Å². The van der Waals surface area contributed by atoms with E-state index in [0.717, 1.165) is 0 Å². The molecule has 1 aliphatic rings. The van der Waals surface area contributed by atoms with E-state index >= 15 is 0 Å². The summed E-state index contributed by atoms with van der Waals surface area (Å²) < 4.78 is 25.9.